The molecule has 2 rings (SSSR count). The summed E-state index contributed by atoms with van der Waals surface area (Å²) < 4.78 is 7.15. The van der Waals surface area contributed by atoms with Crippen molar-refractivity contribution in [3.8, 4) is 0 Å². The molecule has 3 atom stereocenters. The van der Waals surface area contributed by atoms with E-state index in [-0.39, 0.29) is 12.0 Å². The van der Waals surface area contributed by atoms with Crippen molar-refractivity contribution < 1.29 is 9.84 Å². The topological polar surface area (TPSA) is 60.2 Å². The summed E-state index contributed by atoms with van der Waals surface area (Å²) in [6, 6.07) is 0. The largest absolute Gasteiger partial charge is 0.385 e. The molecule has 1 aliphatic rings. The zero-order valence-electron chi connectivity index (χ0n) is 8.42. The van der Waals surface area contributed by atoms with Crippen LogP contribution in [-0.2, 0) is 11.8 Å². The molecule has 5 nitrogen and oxygen atoms in total. The molecule has 14 heavy (non-hydrogen) atoms. The third kappa shape index (κ3) is 1.65. The van der Waals surface area contributed by atoms with Crippen LogP contribution in [0.15, 0.2) is 6.33 Å². The Hall–Kier alpha value is -0.940. The van der Waals surface area contributed by atoms with E-state index >= 15 is 0 Å². The molecule has 1 aromatic heterocycles. The van der Waals surface area contributed by atoms with Gasteiger partial charge in [-0.1, -0.05) is 0 Å². The number of hydrogen-bond donors (Lipinski definition) is 1. The maximum absolute atomic E-state index is 10.0. The van der Waals surface area contributed by atoms with Crippen molar-refractivity contribution in [2.24, 2.45) is 13.0 Å². The molecule has 5 heteroatoms. The van der Waals surface area contributed by atoms with Gasteiger partial charge in [0.25, 0.3) is 0 Å². The van der Waals surface area contributed by atoms with E-state index < -0.39 is 6.10 Å². The molecule has 1 fully saturated rings. The van der Waals surface area contributed by atoms with Crippen LogP contribution < -0.4 is 0 Å². The van der Waals surface area contributed by atoms with Crippen molar-refractivity contribution in [1.29, 1.82) is 0 Å². The van der Waals surface area contributed by atoms with Crippen molar-refractivity contribution >= 4 is 0 Å². The van der Waals surface area contributed by atoms with Crippen molar-refractivity contribution in [2.45, 2.75) is 25.6 Å². The van der Waals surface area contributed by atoms with Crippen LogP contribution in [-0.4, -0.2) is 32.6 Å². The predicted octanol–water partition coefficient (Wildman–Crippen LogP) is 0.274. The summed E-state index contributed by atoms with van der Waals surface area (Å²) in [6.45, 7) is 2.62. The fraction of sp³-hybridized carbons (Fsp3) is 0.778. The minimum Gasteiger partial charge on any atom is -0.385 e. The maximum Gasteiger partial charge on any atom is 0.161 e. The number of ether oxygens (including phenoxy) is 1. The van der Waals surface area contributed by atoms with Crippen LogP contribution in [0.25, 0.3) is 0 Å². The normalized spacial score (nSPS) is 29.4. The van der Waals surface area contributed by atoms with Gasteiger partial charge in [0, 0.05) is 13.0 Å². The van der Waals surface area contributed by atoms with Crippen LogP contribution in [0.5, 0.6) is 0 Å². The summed E-state index contributed by atoms with van der Waals surface area (Å²) in [5, 5.41) is 17.6. The number of aryl methyl sites for hydroxylation is 1. The van der Waals surface area contributed by atoms with Gasteiger partial charge in [-0.3, -0.25) is 0 Å². The Morgan fingerprint density at radius 2 is 2.50 bits per heavy atom. The molecule has 78 valence electrons. The lowest BCUT2D eigenvalue weighted by Crippen LogP contribution is -2.16. The van der Waals surface area contributed by atoms with Gasteiger partial charge in [0.1, 0.15) is 12.4 Å². The molecule has 0 aliphatic carbocycles. The summed E-state index contributed by atoms with van der Waals surface area (Å²) in [6.07, 6.45) is 2.15. The number of aromatic nitrogens is 3. The zero-order valence-corrected chi connectivity index (χ0v) is 8.42. The molecule has 2 heterocycles. The molecular weight excluding hydrogens is 182 g/mol. The number of aliphatic hydroxyl groups excluding tert-OH is 1. The Kier molecular flexibility index (Phi) is 2.52. The number of aliphatic hydroxyl groups is 1. The third-order valence-electron chi connectivity index (χ3n) is 2.69. The van der Waals surface area contributed by atoms with Crippen molar-refractivity contribution in [1.82, 2.24) is 14.8 Å². The van der Waals surface area contributed by atoms with Gasteiger partial charge in [0.2, 0.25) is 0 Å². The van der Waals surface area contributed by atoms with Gasteiger partial charge in [-0.05, 0) is 13.3 Å². The fourth-order valence-electron chi connectivity index (χ4n) is 1.84. The van der Waals surface area contributed by atoms with E-state index in [9.17, 15) is 5.11 Å². The molecule has 0 amide bonds. The van der Waals surface area contributed by atoms with Crippen LogP contribution in [0.1, 0.15) is 25.3 Å². The molecule has 1 aromatic rings. The Morgan fingerprint density at radius 1 is 1.71 bits per heavy atom. The van der Waals surface area contributed by atoms with Crippen LogP contribution in [0.2, 0.25) is 0 Å². The van der Waals surface area contributed by atoms with E-state index in [0.717, 1.165) is 6.42 Å². The molecule has 1 N–H and O–H groups in total. The molecule has 1 saturated heterocycles. The van der Waals surface area contributed by atoms with Crippen LogP contribution in [0.4, 0.5) is 0 Å². The SMILES string of the molecule is CC1CC(C(O)c2nncn2C)CO1. The van der Waals surface area contributed by atoms with Gasteiger partial charge in [0.05, 0.1) is 12.7 Å². The molecule has 3 unspecified atom stereocenters. The van der Waals surface area contributed by atoms with E-state index in [1.54, 1.807) is 10.9 Å². The minimum atomic E-state index is -0.563. The number of nitrogens with zero attached hydrogens (tertiary/aromatic N) is 3. The standard InChI is InChI=1S/C9H15N3O2/c1-6-3-7(4-14-6)8(13)9-11-10-5-12(9)2/h5-8,13H,3-4H2,1-2H3. The minimum absolute atomic E-state index is 0.146. The highest BCUT2D eigenvalue weighted by molar-refractivity contribution is 4.94. The lowest BCUT2D eigenvalue weighted by atomic mass is 9.99. The van der Waals surface area contributed by atoms with Crippen molar-refractivity contribution in [3.05, 3.63) is 12.2 Å². The van der Waals surface area contributed by atoms with Gasteiger partial charge in [-0.2, -0.15) is 0 Å². The van der Waals surface area contributed by atoms with Crippen molar-refractivity contribution in [2.75, 3.05) is 6.61 Å². The number of hydrogen-bond acceptors (Lipinski definition) is 4. The number of rotatable bonds is 2. The van der Waals surface area contributed by atoms with Gasteiger partial charge in [0.15, 0.2) is 5.82 Å². The Labute approximate surface area is 82.7 Å². The average Bonchev–Trinajstić information content (AvgIpc) is 2.73. The second-order valence-corrected chi connectivity index (χ2v) is 3.88. The zero-order chi connectivity index (χ0) is 10.1. The molecule has 0 bridgehead atoms. The first-order valence-electron chi connectivity index (χ1n) is 4.82. The summed E-state index contributed by atoms with van der Waals surface area (Å²) in [5.74, 6) is 0.764. The van der Waals surface area contributed by atoms with E-state index in [1.165, 1.54) is 0 Å². The second-order valence-electron chi connectivity index (χ2n) is 3.88. The quantitative estimate of drug-likeness (QED) is 0.739. The Bertz CT molecular complexity index is 313. The van der Waals surface area contributed by atoms with Gasteiger partial charge in [-0.25, -0.2) is 0 Å². The third-order valence-corrected chi connectivity index (χ3v) is 2.69. The van der Waals surface area contributed by atoms with Crippen LogP contribution >= 0.6 is 0 Å². The molecule has 0 aromatic carbocycles. The maximum atomic E-state index is 10.0. The Morgan fingerprint density at radius 3 is 3.00 bits per heavy atom. The smallest absolute Gasteiger partial charge is 0.161 e. The molecule has 1 aliphatic heterocycles. The molecule has 0 radical (unpaired) electrons. The first-order valence-corrected chi connectivity index (χ1v) is 4.82. The van der Waals surface area contributed by atoms with Gasteiger partial charge >= 0.3 is 0 Å². The first-order chi connectivity index (χ1) is 6.68. The molecule has 0 spiro atoms. The van der Waals surface area contributed by atoms with Crippen LogP contribution in [0, 0.1) is 5.92 Å². The highest BCUT2D eigenvalue weighted by Gasteiger charge is 2.31. The predicted molar refractivity (Wildman–Crippen MR) is 49.5 cm³/mol. The van der Waals surface area contributed by atoms with E-state index in [1.807, 2.05) is 14.0 Å². The average molecular weight is 197 g/mol. The van der Waals surface area contributed by atoms with E-state index in [2.05, 4.69) is 10.2 Å². The first kappa shape index (κ1) is 9.61. The summed E-state index contributed by atoms with van der Waals surface area (Å²) in [4.78, 5) is 0. The summed E-state index contributed by atoms with van der Waals surface area (Å²) >= 11 is 0. The van der Waals surface area contributed by atoms with Crippen molar-refractivity contribution in [3.63, 3.8) is 0 Å². The summed E-state index contributed by atoms with van der Waals surface area (Å²) in [5.41, 5.74) is 0. The van der Waals surface area contributed by atoms with Crippen LogP contribution in [0.3, 0.4) is 0 Å². The lowest BCUT2D eigenvalue weighted by Gasteiger charge is -2.14. The summed E-state index contributed by atoms with van der Waals surface area (Å²) in [7, 11) is 1.83. The van der Waals surface area contributed by atoms with E-state index in [0.29, 0.717) is 12.4 Å². The fourth-order valence-corrected chi connectivity index (χ4v) is 1.84. The molecule has 0 saturated carbocycles. The second kappa shape index (κ2) is 3.67. The lowest BCUT2D eigenvalue weighted by molar-refractivity contribution is 0.0737. The Balaban J connectivity index is 2.09. The van der Waals surface area contributed by atoms with Gasteiger partial charge < -0.3 is 14.4 Å². The van der Waals surface area contributed by atoms with Gasteiger partial charge in [-0.15, -0.1) is 10.2 Å². The van der Waals surface area contributed by atoms with E-state index in [4.69, 9.17) is 4.74 Å². The highest BCUT2D eigenvalue weighted by atomic mass is 16.5. The highest BCUT2D eigenvalue weighted by Crippen LogP contribution is 2.30. The molecular formula is C9H15N3O2. The monoisotopic (exact) mass is 197 g/mol.